The van der Waals surface area contributed by atoms with Crippen molar-refractivity contribution in [3.05, 3.63) is 47.9 Å². The summed E-state index contributed by atoms with van der Waals surface area (Å²) in [6, 6.07) is 7.98. The van der Waals surface area contributed by atoms with Crippen molar-refractivity contribution in [2.75, 3.05) is 11.9 Å². The molecule has 0 bridgehead atoms. The number of nitrogens with one attached hydrogen (secondary N) is 2. The Bertz CT molecular complexity index is 595. The van der Waals surface area contributed by atoms with Crippen molar-refractivity contribution >= 4 is 17.4 Å². The second-order valence-corrected chi connectivity index (χ2v) is 4.89. The molecule has 0 spiro atoms. The monoisotopic (exact) mass is 284 g/mol. The molecule has 21 heavy (non-hydrogen) atoms. The summed E-state index contributed by atoms with van der Waals surface area (Å²) in [6.45, 7) is 4.78. The molecule has 5 heteroatoms. The first-order chi connectivity index (χ1) is 10.2. The second-order valence-electron chi connectivity index (χ2n) is 4.89. The van der Waals surface area contributed by atoms with Crippen molar-refractivity contribution in [3.63, 3.8) is 0 Å². The zero-order valence-corrected chi connectivity index (χ0v) is 12.4. The van der Waals surface area contributed by atoms with Crippen LogP contribution in [0.25, 0.3) is 0 Å². The number of hydrogen-bond acceptors (Lipinski definition) is 4. The summed E-state index contributed by atoms with van der Waals surface area (Å²) in [6.07, 6.45) is 5.06. The summed E-state index contributed by atoms with van der Waals surface area (Å²) < 4.78 is 0. The third-order valence-electron chi connectivity index (χ3n) is 2.99. The minimum Gasteiger partial charge on any atom is -0.351 e. The number of carbonyl (C=O) groups excluding carboxylic acids is 1. The normalized spacial score (nSPS) is 10.2. The van der Waals surface area contributed by atoms with Crippen molar-refractivity contribution < 1.29 is 4.79 Å². The van der Waals surface area contributed by atoms with Gasteiger partial charge >= 0.3 is 0 Å². The molecule has 0 aliphatic carbocycles. The molecule has 0 aliphatic heterocycles. The van der Waals surface area contributed by atoms with Crippen LogP contribution in [0.15, 0.2) is 36.7 Å². The maximum absolute atomic E-state index is 11.8. The fourth-order valence-electron chi connectivity index (χ4n) is 1.85. The van der Waals surface area contributed by atoms with Gasteiger partial charge in [0.2, 0.25) is 0 Å². The van der Waals surface area contributed by atoms with Gasteiger partial charge in [-0.3, -0.25) is 4.79 Å². The summed E-state index contributed by atoms with van der Waals surface area (Å²) in [5, 5.41) is 5.97. The van der Waals surface area contributed by atoms with E-state index >= 15 is 0 Å². The van der Waals surface area contributed by atoms with Gasteiger partial charge in [0.25, 0.3) is 5.91 Å². The highest BCUT2D eigenvalue weighted by atomic mass is 16.1. The van der Waals surface area contributed by atoms with Gasteiger partial charge < -0.3 is 10.6 Å². The van der Waals surface area contributed by atoms with E-state index in [1.165, 1.54) is 11.8 Å². The maximum atomic E-state index is 11.8. The minimum absolute atomic E-state index is 0.182. The second kappa shape index (κ2) is 7.38. The SMILES string of the molecule is CCCCNC(=O)c1cnc(Nc2cccc(C)c2)cn1. The lowest BCUT2D eigenvalue weighted by Gasteiger charge is -2.07. The van der Waals surface area contributed by atoms with Crippen LogP contribution in [0.3, 0.4) is 0 Å². The summed E-state index contributed by atoms with van der Waals surface area (Å²) in [5.41, 5.74) is 2.45. The minimum atomic E-state index is -0.182. The summed E-state index contributed by atoms with van der Waals surface area (Å²) in [7, 11) is 0. The third kappa shape index (κ3) is 4.56. The number of unbranched alkanes of at least 4 members (excludes halogenated alkanes) is 1. The fourth-order valence-corrected chi connectivity index (χ4v) is 1.85. The predicted molar refractivity (Wildman–Crippen MR) is 83.7 cm³/mol. The molecule has 0 fully saturated rings. The van der Waals surface area contributed by atoms with E-state index in [4.69, 9.17) is 0 Å². The smallest absolute Gasteiger partial charge is 0.271 e. The van der Waals surface area contributed by atoms with E-state index in [0.717, 1.165) is 18.5 Å². The highest BCUT2D eigenvalue weighted by molar-refractivity contribution is 5.92. The molecular formula is C16H20N4O. The zero-order valence-electron chi connectivity index (χ0n) is 12.4. The summed E-state index contributed by atoms with van der Waals surface area (Å²) in [4.78, 5) is 20.2. The number of benzene rings is 1. The number of hydrogen-bond donors (Lipinski definition) is 2. The van der Waals surface area contributed by atoms with E-state index in [2.05, 4.69) is 27.5 Å². The standard InChI is InChI=1S/C16H20N4O/c1-3-4-8-17-16(21)14-10-19-15(11-18-14)20-13-7-5-6-12(2)9-13/h5-7,9-11H,3-4,8H2,1-2H3,(H,17,21)(H,19,20). The average molecular weight is 284 g/mol. The Morgan fingerprint density at radius 1 is 1.24 bits per heavy atom. The molecule has 1 aromatic heterocycles. The Kier molecular flexibility index (Phi) is 5.26. The first-order valence-corrected chi connectivity index (χ1v) is 7.13. The molecular weight excluding hydrogens is 264 g/mol. The van der Waals surface area contributed by atoms with Crippen molar-refractivity contribution in [2.24, 2.45) is 0 Å². The van der Waals surface area contributed by atoms with Gasteiger partial charge in [-0.05, 0) is 31.0 Å². The van der Waals surface area contributed by atoms with Crippen LogP contribution in [-0.2, 0) is 0 Å². The van der Waals surface area contributed by atoms with Crippen LogP contribution in [0.2, 0.25) is 0 Å². The summed E-state index contributed by atoms with van der Waals surface area (Å²) in [5.74, 6) is 0.434. The topological polar surface area (TPSA) is 66.9 Å². The number of nitrogens with zero attached hydrogens (tertiary/aromatic N) is 2. The largest absolute Gasteiger partial charge is 0.351 e. The van der Waals surface area contributed by atoms with Gasteiger partial charge in [-0.25, -0.2) is 9.97 Å². The Balaban J connectivity index is 1.97. The molecule has 0 saturated carbocycles. The molecule has 0 atom stereocenters. The van der Waals surface area contributed by atoms with Crippen molar-refractivity contribution in [1.29, 1.82) is 0 Å². The molecule has 0 aliphatic rings. The predicted octanol–water partition coefficient (Wildman–Crippen LogP) is 3.06. The van der Waals surface area contributed by atoms with E-state index in [0.29, 0.717) is 18.1 Å². The van der Waals surface area contributed by atoms with Gasteiger partial charge in [-0.2, -0.15) is 0 Å². The van der Waals surface area contributed by atoms with Crippen molar-refractivity contribution in [2.45, 2.75) is 26.7 Å². The number of carbonyl (C=O) groups is 1. The molecule has 0 radical (unpaired) electrons. The average Bonchev–Trinajstić information content (AvgIpc) is 2.48. The quantitative estimate of drug-likeness (QED) is 0.800. The van der Waals surface area contributed by atoms with Crippen LogP contribution >= 0.6 is 0 Å². The van der Waals surface area contributed by atoms with Gasteiger partial charge in [-0.1, -0.05) is 25.5 Å². The molecule has 1 amide bonds. The van der Waals surface area contributed by atoms with Gasteiger partial charge in [0, 0.05) is 12.2 Å². The van der Waals surface area contributed by atoms with Gasteiger partial charge in [-0.15, -0.1) is 0 Å². The van der Waals surface area contributed by atoms with E-state index in [1.54, 1.807) is 6.20 Å². The summed E-state index contributed by atoms with van der Waals surface area (Å²) >= 11 is 0. The van der Waals surface area contributed by atoms with Crippen LogP contribution in [0, 0.1) is 6.92 Å². The van der Waals surface area contributed by atoms with Crippen LogP contribution in [0.5, 0.6) is 0 Å². The van der Waals surface area contributed by atoms with E-state index in [9.17, 15) is 4.79 Å². The van der Waals surface area contributed by atoms with E-state index < -0.39 is 0 Å². The maximum Gasteiger partial charge on any atom is 0.271 e. The first kappa shape index (κ1) is 15.0. The number of anilines is 2. The van der Waals surface area contributed by atoms with Crippen LogP contribution in [0.1, 0.15) is 35.8 Å². The highest BCUT2D eigenvalue weighted by Crippen LogP contribution is 2.14. The highest BCUT2D eigenvalue weighted by Gasteiger charge is 2.07. The number of amides is 1. The van der Waals surface area contributed by atoms with E-state index in [-0.39, 0.29) is 5.91 Å². The fraction of sp³-hybridized carbons (Fsp3) is 0.312. The van der Waals surface area contributed by atoms with Crippen LogP contribution < -0.4 is 10.6 Å². The molecule has 1 heterocycles. The molecule has 2 rings (SSSR count). The van der Waals surface area contributed by atoms with Crippen LogP contribution in [-0.4, -0.2) is 22.4 Å². The molecule has 0 unspecified atom stereocenters. The Morgan fingerprint density at radius 2 is 2.10 bits per heavy atom. The Labute approximate surface area is 124 Å². The van der Waals surface area contributed by atoms with Gasteiger partial charge in [0.05, 0.1) is 12.4 Å². The zero-order chi connectivity index (χ0) is 15.1. The van der Waals surface area contributed by atoms with Crippen molar-refractivity contribution in [1.82, 2.24) is 15.3 Å². The van der Waals surface area contributed by atoms with E-state index in [1.807, 2.05) is 31.2 Å². The Hall–Kier alpha value is -2.43. The molecule has 110 valence electrons. The third-order valence-corrected chi connectivity index (χ3v) is 2.99. The number of aromatic nitrogens is 2. The molecule has 2 aromatic rings. The first-order valence-electron chi connectivity index (χ1n) is 7.13. The molecule has 1 aromatic carbocycles. The van der Waals surface area contributed by atoms with Crippen molar-refractivity contribution in [3.8, 4) is 0 Å². The van der Waals surface area contributed by atoms with Gasteiger partial charge in [0.15, 0.2) is 0 Å². The molecule has 5 nitrogen and oxygen atoms in total. The Morgan fingerprint density at radius 3 is 2.76 bits per heavy atom. The lowest BCUT2D eigenvalue weighted by atomic mass is 10.2. The molecule has 2 N–H and O–H groups in total. The van der Waals surface area contributed by atoms with Gasteiger partial charge in [0.1, 0.15) is 11.5 Å². The number of rotatable bonds is 6. The molecule has 0 saturated heterocycles. The lowest BCUT2D eigenvalue weighted by molar-refractivity contribution is 0.0948. The van der Waals surface area contributed by atoms with Crippen LogP contribution in [0.4, 0.5) is 11.5 Å². The number of aryl methyl sites for hydroxylation is 1. The lowest BCUT2D eigenvalue weighted by Crippen LogP contribution is -2.25.